The third-order valence-electron chi connectivity index (χ3n) is 3.58. The summed E-state index contributed by atoms with van der Waals surface area (Å²) in [5.74, 6) is 1.74. The van der Waals surface area contributed by atoms with Crippen LogP contribution < -0.4 is 10.5 Å². The van der Waals surface area contributed by atoms with Gasteiger partial charge >= 0.3 is 0 Å². The van der Waals surface area contributed by atoms with Gasteiger partial charge < -0.3 is 10.5 Å². The molecule has 0 saturated heterocycles. The molecule has 2 nitrogen and oxygen atoms in total. The first-order valence-electron chi connectivity index (χ1n) is 6.19. The minimum absolute atomic E-state index is 0.165. The van der Waals surface area contributed by atoms with Gasteiger partial charge in [-0.3, -0.25) is 0 Å². The molecule has 0 aromatic heterocycles. The van der Waals surface area contributed by atoms with Gasteiger partial charge in [0.25, 0.3) is 0 Å². The van der Waals surface area contributed by atoms with Gasteiger partial charge in [-0.15, -0.1) is 0 Å². The Morgan fingerprint density at radius 3 is 2.81 bits per heavy atom. The van der Waals surface area contributed by atoms with Crippen LogP contribution in [0.5, 0.6) is 5.75 Å². The van der Waals surface area contributed by atoms with Crippen molar-refractivity contribution in [3.05, 3.63) is 29.8 Å². The van der Waals surface area contributed by atoms with Crippen LogP contribution >= 0.6 is 0 Å². The van der Waals surface area contributed by atoms with Crippen LogP contribution in [0.15, 0.2) is 24.3 Å². The van der Waals surface area contributed by atoms with Gasteiger partial charge in [-0.1, -0.05) is 37.8 Å². The van der Waals surface area contributed by atoms with Gasteiger partial charge in [0.2, 0.25) is 0 Å². The SMILES string of the molecule is COc1cccc(C(N)CC2CCCC2)c1. The van der Waals surface area contributed by atoms with Gasteiger partial charge in [-0.25, -0.2) is 0 Å². The minimum atomic E-state index is 0.165. The van der Waals surface area contributed by atoms with E-state index in [1.54, 1.807) is 7.11 Å². The second kappa shape index (κ2) is 5.35. The van der Waals surface area contributed by atoms with E-state index in [0.717, 1.165) is 18.1 Å². The molecule has 1 aliphatic carbocycles. The molecule has 1 atom stereocenters. The van der Waals surface area contributed by atoms with Crippen molar-refractivity contribution in [3.63, 3.8) is 0 Å². The van der Waals surface area contributed by atoms with E-state index in [2.05, 4.69) is 12.1 Å². The molecule has 0 spiro atoms. The van der Waals surface area contributed by atoms with Gasteiger partial charge in [-0.05, 0) is 30.0 Å². The second-order valence-corrected chi connectivity index (χ2v) is 4.77. The first kappa shape index (κ1) is 11.5. The number of nitrogens with two attached hydrogens (primary N) is 1. The largest absolute Gasteiger partial charge is 0.497 e. The van der Waals surface area contributed by atoms with Gasteiger partial charge in [0, 0.05) is 6.04 Å². The molecule has 1 aromatic carbocycles. The van der Waals surface area contributed by atoms with Crippen LogP contribution in [0.3, 0.4) is 0 Å². The number of hydrogen-bond acceptors (Lipinski definition) is 2. The van der Waals surface area contributed by atoms with Gasteiger partial charge in [-0.2, -0.15) is 0 Å². The summed E-state index contributed by atoms with van der Waals surface area (Å²) < 4.78 is 5.22. The van der Waals surface area contributed by atoms with Crippen LogP contribution in [0.2, 0.25) is 0 Å². The fourth-order valence-corrected chi connectivity index (χ4v) is 2.61. The topological polar surface area (TPSA) is 35.2 Å². The van der Waals surface area contributed by atoms with E-state index in [9.17, 15) is 0 Å². The number of hydrogen-bond donors (Lipinski definition) is 1. The smallest absolute Gasteiger partial charge is 0.119 e. The summed E-state index contributed by atoms with van der Waals surface area (Å²) in [6.45, 7) is 0. The zero-order chi connectivity index (χ0) is 11.4. The van der Waals surface area contributed by atoms with E-state index >= 15 is 0 Å². The summed E-state index contributed by atoms with van der Waals surface area (Å²) >= 11 is 0. The van der Waals surface area contributed by atoms with Crippen molar-refractivity contribution in [1.82, 2.24) is 0 Å². The molecule has 0 bridgehead atoms. The highest BCUT2D eigenvalue weighted by Gasteiger charge is 2.19. The van der Waals surface area contributed by atoms with Gasteiger partial charge in [0.05, 0.1) is 7.11 Å². The molecule has 1 unspecified atom stereocenters. The quantitative estimate of drug-likeness (QED) is 0.843. The molecule has 2 rings (SSSR count). The maximum atomic E-state index is 6.24. The first-order chi connectivity index (χ1) is 7.79. The Hall–Kier alpha value is -1.02. The average molecular weight is 219 g/mol. The number of ether oxygens (including phenoxy) is 1. The first-order valence-corrected chi connectivity index (χ1v) is 6.19. The molecule has 1 aromatic rings. The predicted octanol–water partition coefficient (Wildman–Crippen LogP) is 3.28. The van der Waals surface area contributed by atoms with E-state index in [1.807, 2.05) is 12.1 Å². The third-order valence-corrected chi connectivity index (χ3v) is 3.58. The van der Waals surface area contributed by atoms with Crippen molar-refractivity contribution >= 4 is 0 Å². The second-order valence-electron chi connectivity index (χ2n) is 4.77. The maximum Gasteiger partial charge on any atom is 0.119 e. The Kier molecular flexibility index (Phi) is 3.83. The predicted molar refractivity (Wildman–Crippen MR) is 66.5 cm³/mol. The highest BCUT2D eigenvalue weighted by atomic mass is 16.5. The number of benzene rings is 1. The third kappa shape index (κ3) is 2.76. The molecule has 0 aliphatic heterocycles. The Balaban J connectivity index is 1.98. The zero-order valence-electron chi connectivity index (χ0n) is 9.99. The normalized spacial score (nSPS) is 18.6. The standard InChI is InChI=1S/C14H21NO/c1-16-13-8-4-7-12(10-13)14(15)9-11-5-2-3-6-11/h4,7-8,10-11,14H,2-3,5-6,9,15H2,1H3. The molecule has 0 amide bonds. The summed E-state index contributed by atoms with van der Waals surface area (Å²) in [7, 11) is 1.70. The molecule has 16 heavy (non-hydrogen) atoms. The van der Waals surface area contributed by atoms with Crippen LogP contribution in [0.4, 0.5) is 0 Å². The Morgan fingerprint density at radius 2 is 2.12 bits per heavy atom. The lowest BCUT2D eigenvalue weighted by atomic mass is 9.94. The molecule has 88 valence electrons. The summed E-state index contributed by atoms with van der Waals surface area (Å²) in [6, 6.07) is 8.30. The van der Waals surface area contributed by atoms with Crippen LogP contribution in [0, 0.1) is 5.92 Å². The highest BCUT2D eigenvalue weighted by Crippen LogP contribution is 2.32. The Morgan fingerprint density at radius 1 is 1.38 bits per heavy atom. The van der Waals surface area contributed by atoms with Crippen LogP contribution in [0.25, 0.3) is 0 Å². The fraction of sp³-hybridized carbons (Fsp3) is 0.571. The van der Waals surface area contributed by atoms with E-state index < -0.39 is 0 Å². The summed E-state index contributed by atoms with van der Waals surface area (Å²) in [5.41, 5.74) is 7.44. The monoisotopic (exact) mass is 219 g/mol. The zero-order valence-corrected chi connectivity index (χ0v) is 9.99. The number of rotatable bonds is 4. The molecule has 2 N–H and O–H groups in total. The molecule has 2 heteroatoms. The highest BCUT2D eigenvalue weighted by molar-refractivity contribution is 5.30. The molecule has 1 fully saturated rings. The van der Waals surface area contributed by atoms with Crippen molar-refractivity contribution in [1.29, 1.82) is 0 Å². The Bertz CT molecular complexity index is 331. The lowest BCUT2D eigenvalue weighted by Crippen LogP contribution is -2.14. The molecule has 1 aliphatic rings. The average Bonchev–Trinajstić information content (AvgIpc) is 2.82. The van der Waals surface area contributed by atoms with E-state index in [-0.39, 0.29) is 6.04 Å². The van der Waals surface area contributed by atoms with Crippen molar-refractivity contribution in [2.24, 2.45) is 11.7 Å². The lowest BCUT2D eigenvalue weighted by Gasteiger charge is -2.17. The van der Waals surface area contributed by atoms with Crippen molar-refractivity contribution in [2.75, 3.05) is 7.11 Å². The van der Waals surface area contributed by atoms with Gasteiger partial charge in [0.15, 0.2) is 0 Å². The Labute approximate surface area is 97.8 Å². The molecule has 1 saturated carbocycles. The maximum absolute atomic E-state index is 6.24. The fourth-order valence-electron chi connectivity index (χ4n) is 2.61. The van der Waals surface area contributed by atoms with Crippen molar-refractivity contribution in [2.45, 2.75) is 38.1 Å². The number of methoxy groups -OCH3 is 1. The molecular weight excluding hydrogens is 198 g/mol. The molecule has 0 heterocycles. The van der Waals surface area contributed by atoms with E-state index in [4.69, 9.17) is 10.5 Å². The lowest BCUT2D eigenvalue weighted by molar-refractivity contribution is 0.411. The van der Waals surface area contributed by atoms with Crippen molar-refractivity contribution < 1.29 is 4.74 Å². The van der Waals surface area contributed by atoms with Crippen molar-refractivity contribution in [3.8, 4) is 5.75 Å². The van der Waals surface area contributed by atoms with E-state index in [1.165, 1.54) is 31.2 Å². The summed E-state index contributed by atoms with van der Waals surface area (Å²) in [4.78, 5) is 0. The summed E-state index contributed by atoms with van der Waals surface area (Å²) in [6.07, 6.45) is 6.60. The van der Waals surface area contributed by atoms with Crippen LogP contribution in [-0.4, -0.2) is 7.11 Å². The van der Waals surface area contributed by atoms with Gasteiger partial charge in [0.1, 0.15) is 5.75 Å². The summed E-state index contributed by atoms with van der Waals surface area (Å²) in [5, 5.41) is 0. The minimum Gasteiger partial charge on any atom is -0.497 e. The molecule has 0 radical (unpaired) electrons. The van der Waals surface area contributed by atoms with E-state index in [0.29, 0.717) is 0 Å². The molecular formula is C14H21NO. The van der Waals surface area contributed by atoms with Crippen LogP contribution in [-0.2, 0) is 0 Å². The van der Waals surface area contributed by atoms with Crippen LogP contribution in [0.1, 0.15) is 43.7 Å².